The van der Waals surface area contributed by atoms with Crippen LogP contribution in [0.1, 0.15) is 31.4 Å². The van der Waals surface area contributed by atoms with E-state index in [1.807, 2.05) is 6.92 Å². The molecular formula is C16H18FNO2. The Morgan fingerprint density at radius 3 is 2.55 bits per heavy atom. The van der Waals surface area contributed by atoms with E-state index < -0.39 is 5.60 Å². The summed E-state index contributed by atoms with van der Waals surface area (Å²) in [5.41, 5.74) is -0.0298. The predicted octanol–water partition coefficient (Wildman–Crippen LogP) is 3.27. The normalized spacial score (nSPS) is 13.8. The molecule has 0 saturated carbocycles. The summed E-state index contributed by atoms with van der Waals surface area (Å²) in [6, 6.07) is 7.54. The van der Waals surface area contributed by atoms with Gasteiger partial charge in [-0.1, -0.05) is 19.1 Å². The Hall–Kier alpha value is -1.94. The zero-order valence-electron chi connectivity index (χ0n) is 11.6. The Balaban J connectivity index is 2.30. The fourth-order valence-corrected chi connectivity index (χ4v) is 1.92. The number of aromatic nitrogens is 1. The lowest BCUT2D eigenvalue weighted by Gasteiger charge is -2.24. The predicted molar refractivity (Wildman–Crippen MR) is 75.1 cm³/mol. The van der Waals surface area contributed by atoms with Gasteiger partial charge < -0.3 is 9.84 Å². The Bertz CT molecular complexity index is 567. The quantitative estimate of drug-likeness (QED) is 0.910. The second-order valence-electron chi connectivity index (χ2n) is 4.84. The van der Waals surface area contributed by atoms with Crippen LogP contribution in [0.5, 0.6) is 5.75 Å². The molecule has 0 bridgehead atoms. The van der Waals surface area contributed by atoms with Gasteiger partial charge in [-0.2, -0.15) is 0 Å². The molecule has 0 radical (unpaired) electrons. The lowest BCUT2D eigenvalue weighted by atomic mass is 9.89. The number of halogens is 1. The largest absolute Gasteiger partial charge is 0.492 e. The first-order valence-electron chi connectivity index (χ1n) is 6.60. The molecule has 1 unspecified atom stereocenters. The molecule has 0 aliphatic heterocycles. The smallest absolute Gasteiger partial charge is 0.137 e. The summed E-state index contributed by atoms with van der Waals surface area (Å²) in [5, 5.41) is 10.7. The van der Waals surface area contributed by atoms with Gasteiger partial charge in [-0.3, -0.25) is 4.98 Å². The summed E-state index contributed by atoms with van der Waals surface area (Å²) in [6.07, 6.45) is 4.10. The molecule has 1 atom stereocenters. The number of benzene rings is 1. The number of ether oxygens (including phenoxy) is 1. The molecular weight excluding hydrogens is 257 g/mol. The van der Waals surface area contributed by atoms with Gasteiger partial charge in [0.1, 0.15) is 17.2 Å². The van der Waals surface area contributed by atoms with Crippen LogP contribution in [0.2, 0.25) is 0 Å². The molecule has 0 spiro atoms. The SMILES string of the molecule is CCCOc1cncc(C(C)(O)c2ccc(F)cc2)c1. The molecule has 4 heteroatoms. The molecule has 20 heavy (non-hydrogen) atoms. The molecule has 0 saturated heterocycles. The van der Waals surface area contributed by atoms with Gasteiger partial charge in [-0.15, -0.1) is 0 Å². The van der Waals surface area contributed by atoms with E-state index in [2.05, 4.69) is 4.98 Å². The lowest BCUT2D eigenvalue weighted by molar-refractivity contribution is 0.101. The molecule has 0 fully saturated rings. The molecule has 0 amide bonds. The summed E-state index contributed by atoms with van der Waals surface area (Å²) in [7, 11) is 0. The molecule has 1 N–H and O–H groups in total. The Morgan fingerprint density at radius 1 is 1.20 bits per heavy atom. The molecule has 3 nitrogen and oxygen atoms in total. The van der Waals surface area contributed by atoms with E-state index in [1.165, 1.54) is 12.1 Å². The highest BCUT2D eigenvalue weighted by Gasteiger charge is 2.26. The number of aliphatic hydroxyl groups is 1. The monoisotopic (exact) mass is 275 g/mol. The zero-order valence-corrected chi connectivity index (χ0v) is 11.6. The Kier molecular flexibility index (Phi) is 4.35. The van der Waals surface area contributed by atoms with Crippen LogP contribution in [0.3, 0.4) is 0 Å². The highest BCUT2D eigenvalue weighted by Crippen LogP contribution is 2.30. The van der Waals surface area contributed by atoms with Gasteiger partial charge in [0.15, 0.2) is 0 Å². The van der Waals surface area contributed by atoms with E-state index in [1.54, 1.807) is 37.5 Å². The number of hydrogen-bond acceptors (Lipinski definition) is 3. The molecule has 2 rings (SSSR count). The van der Waals surface area contributed by atoms with E-state index in [0.717, 1.165) is 6.42 Å². The Morgan fingerprint density at radius 2 is 1.90 bits per heavy atom. The number of nitrogens with zero attached hydrogens (tertiary/aromatic N) is 1. The highest BCUT2D eigenvalue weighted by molar-refractivity contribution is 5.37. The van der Waals surface area contributed by atoms with Crippen LogP contribution in [0.25, 0.3) is 0 Å². The maximum absolute atomic E-state index is 13.0. The van der Waals surface area contributed by atoms with Gasteiger partial charge in [0.25, 0.3) is 0 Å². The number of hydrogen-bond donors (Lipinski definition) is 1. The van der Waals surface area contributed by atoms with E-state index in [0.29, 0.717) is 23.5 Å². The minimum Gasteiger partial charge on any atom is -0.492 e. The molecule has 0 aliphatic carbocycles. The maximum atomic E-state index is 13.0. The van der Waals surface area contributed by atoms with Gasteiger partial charge in [0, 0.05) is 11.8 Å². The first kappa shape index (κ1) is 14.5. The van der Waals surface area contributed by atoms with Gasteiger partial charge in [-0.25, -0.2) is 4.39 Å². The van der Waals surface area contributed by atoms with Crippen molar-refractivity contribution < 1.29 is 14.2 Å². The van der Waals surface area contributed by atoms with Crippen LogP contribution in [0.4, 0.5) is 4.39 Å². The summed E-state index contributed by atoms with van der Waals surface area (Å²) < 4.78 is 18.5. The molecule has 1 aromatic carbocycles. The van der Waals surface area contributed by atoms with Crippen molar-refractivity contribution in [2.75, 3.05) is 6.61 Å². The van der Waals surface area contributed by atoms with Crippen LogP contribution in [-0.2, 0) is 5.60 Å². The summed E-state index contributed by atoms with van der Waals surface area (Å²) in [6.45, 7) is 4.27. The summed E-state index contributed by atoms with van der Waals surface area (Å²) in [5.74, 6) is 0.287. The van der Waals surface area contributed by atoms with E-state index in [-0.39, 0.29) is 5.82 Å². The van der Waals surface area contributed by atoms with Crippen molar-refractivity contribution in [1.82, 2.24) is 4.98 Å². The summed E-state index contributed by atoms with van der Waals surface area (Å²) in [4.78, 5) is 4.09. The van der Waals surface area contributed by atoms with Gasteiger partial charge in [0.2, 0.25) is 0 Å². The van der Waals surface area contributed by atoms with Crippen LogP contribution in [0.15, 0.2) is 42.7 Å². The van der Waals surface area contributed by atoms with E-state index in [4.69, 9.17) is 4.74 Å². The minimum atomic E-state index is -1.24. The molecule has 0 aliphatic rings. The van der Waals surface area contributed by atoms with Crippen molar-refractivity contribution in [3.63, 3.8) is 0 Å². The Labute approximate surface area is 118 Å². The average molecular weight is 275 g/mol. The third-order valence-corrected chi connectivity index (χ3v) is 3.15. The third-order valence-electron chi connectivity index (χ3n) is 3.15. The fraction of sp³-hybridized carbons (Fsp3) is 0.312. The maximum Gasteiger partial charge on any atom is 0.137 e. The van der Waals surface area contributed by atoms with Crippen LogP contribution < -0.4 is 4.74 Å². The number of pyridine rings is 1. The topological polar surface area (TPSA) is 42.4 Å². The second kappa shape index (κ2) is 6.01. The minimum absolute atomic E-state index is 0.331. The van der Waals surface area contributed by atoms with E-state index >= 15 is 0 Å². The standard InChI is InChI=1S/C16H18FNO2/c1-3-8-20-15-9-13(10-18-11-15)16(2,19)12-4-6-14(17)7-5-12/h4-7,9-11,19H,3,8H2,1-2H3. The molecule has 1 aromatic heterocycles. The van der Waals surface area contributed by atoms with Crippen LogP contribution in [0, 0.1) is 5.82 Å². The van der Waals surface area contributed by atoms with E-state index in [9.17, 15) is 9.50 Å². The number of rotatable bonds is 5. The molecule has 1 heterocycles. The molecule has 106 valence electrons. The van der Waals surface area contributed by atoms with Crippen molar-refractivity contribution in [2.24, 2.45) is 0 Å². The highest BCUT2D eigenvalue weighted by atomic mass is 19.1. The van der Waals surface area contributed by atoms with Crippen molar-refractivity contribution >= 4 is 0 Å². The summed E-state index contributed by atoms with van der Waals surface area (Å²) >= 11 is 0. The second-order valence-corrected chi connectivity index (χ2v) is 4.84. The van der Waals surface area contributed by atoms with Gasteiger partial charge >= 0.3 is 0 Å². The van der Waals surface area contributed by atoms with Crippen molar-refractivity contribution in [3.05, 3.63) is 59.7 Å². The lowest BCUT2D eigenvalue weighted by Crippen LogP contribution is -2.23. The van der Waals surface area contributed by atoms with Crippen molar-refractivity contribution in [1.29, 1.82) is 0 Å². The van der Waals surface area contributed by atoms with Crippen molar-refractivity contribution in [3.8, 4) is 5.75 Å². The first-order valence-corrected chi connectivity index (χ1v) is 6.60. The molecule has 2 aromatic rings. The average Bonchev–Trinajstić information content (AvgIpc) is 2.46. The third kappa shape index (κ3) is 3.14. The van der Waals surface area contributed by atoms with Crippen LogP contribution in [-0.4, -0.2) is 16.7 Å². The fourth-order valence-electron chi connectivity index (χ4n) is 1.92. The van der Waals surface area contributed by atoms with Gasteiger partial charge in [0.05, 0.1) is 12.8 Å². The zero-order chi connectivity index (χ0) is 14.6. The van der Waals surface area contributed by atoms with Crippen LogP contribution >= 0.6 is 0 Å². The van der Waals surface area contributed by atoms with Gasteiger partial charge in [-0.05, 0) is 37.1 Å². The van der Waals surface area contributed by atoms with Crippen molar-refractivity contribution in [2.45, 2.75) is 25.9 Å². The first-order chi connectivity index (χ1) is 9.54.